The van der Waals surface area contributed by atoms with Crippen LogP contribution >= 0.6 is 0 Å². The van der Waals surface area contributed by atoms with Crippen molar-refractivity contribution in [3.63, 3.8) is 0 Å². The van der Waals surface area contributed by atoms with E-state index < -0.39 is 5.72 Å². The average molecular weight is 211 g/mol. The lowest BCUT2D eigenvalue weighted by Crippen LogP contribution is -2.41. The molecule has 1 rings (SSSR count). The minimum atomic E-state index is -1.12. The zero-order valence-corrected chi connectivity index (χ0v) is 8.30. The van der Waals surface area contributed by atoms with Gasteiger partial charge in [-0.2, -0.15) is 0 Å². The summed E-state index contributed by atoms with van der Waals surface area (Å²) in [6, 6.07) is 4.31. The molecule has 0 fully saturated rings. The van der Waals surface area contributed by atoms with Gasteiger partial charge in [0, 0.05) is 6.42 Å². The van der Waals surface area contributed by atoms with Crippen LogP contribution < -0.4 is 5.73 Å². The van der Waals surface area contributed by atoms with E-state index in [4.69, 9.17) is 10.8 Å². The number of hydrogen-bond acceptors (Lipinski definition) is 5. The molecule has 0 radical (unpaired) electrons. The van der Waals surface area contributed by atoms with Crippen molar-refractivity contribution in [3.05, 3.63) is 23.8 Å². The fourth-order valence-electron chi connectivity index (χ4n) is 1.24. The molecule has 5 heteroatoms. The van der Waals surface area contributed by atoms with Crippen LogP contribution in [0, 0.1) is 0 Å². The van der Waals surface area contributed by atoms with Crippen molar-refractivity contribution in [2.45, 2.75) is 19.1 Å². The molecular weight excluding hydrogens is 198 g/mol. The lowest BCUT2D eigenvalue weighted by molar-refractivity contribution is -0.141. The Morgan fingerprint density at radius 2 is 2.13 bits per heavy atom. The highest BCUT2D eigenvalue weighted by atomic mass is 16.5. The van der Waals surface area contributed by atoms with E-state index in [1.54, 1.807) is 13.0 Å². The zero-order valence-electron chi connectivity index (χ0n) is 8.30. The van der Waals surface area contributed by atoms with Gasteiger partial charge in [0.25, 0.3) is 6.47 Å². The molecule has 1 aromatic rings. The lowest BCUT2D eigenvalue weighted by Gasteiger charge is -2.22. The van der Waals surface area contributed by atoms with Crippen molar-refractivity contribution in [1.82, 2.24) is 0 Å². The summed E-state index contributed by atoms with van der Waals surface area (Å²) < 4.78 is 4.66. The fourth-order valence-corrected chi connectivity index (χ4v) is 1.24. The van der Waals surface area contributed by atoms with E-state index in [1.807, 2.05) is 0 Å². The quantitative estimate of drug-likeness (QED) is 0.383. The first-order chi connectivity index (χ1) is 6.94. The number of benzene rings is 1. The summed E-state index contributed by atoms with van der Waals surface area (Å²) in [5.74, 6) is -0.428. The van der Waals surface area contributed by atoms with E-state index >= 15 is 0 Å². The van der Waals surface area contributed by atoms with Crippen LogP contribution in [0.2, 0.25) is 0 Å². The van der Waals surface area contributed by atoms with Crippen molar-refractivity contribution in [2.75, 3.05) is 0 Å². The first-order valence-corrected chi connectivity index (χ1v) is 4.36. The Morgan fingerprint density at radius 3 is 2.67 bits per heavy atom. The predicted octanol–water partition coefficient (Wildman–Crippen LogP) is 0.488. The Labute approximate surface area is 87.1 Å². The van der Waals surface area contributed by atoms with Gasteiger partial charge in [0.2, 0.25) is 0 Å². The number of nitrogens with two attached hydrogens (primary N) is 1. The molecule has 0 aliphatic rings. The van der Waals surface area contributed by atoms with E-state index in [-0.39, 0.29) is 24.4 Å². The first kappa shape index (κ1) is 11.3. The van der Waals surface area contributed by atoms with Crippen LogP contribution in [0.25, 0.3) is 0 Å². The van der Waals surface area contributed by atoms with Gasteiger partial charge in [-0.25, -0.2) is 0 Å². The molecule has 0 aromatic heterocycles. The van der Waals surface area contributed by atoms with Crippen LogP contribution in [0.3, 0.4) is 0 Å². The summed E-state index contributed by atoms with van der Waals surface area (Å²) in [4.78, 5) is 10.1. The van der Waals surface area contributed by atoms with Gasteiger partial charge in [0.05, 0.1) is 0 Å². The van der Waals surface area contributed by atoms with E-state index in [9.17, 15) is 9.90 Å². The standard InChI is InChI=1S/C10H13NO4/c1-10(11,15-6-12)5-7-2-3-8(13)9(14)4-7/h2-4,6,13-14H,5,11H2,1H3/t10-/m0/s1. The number of phenols is 2. The third-order valence-corrected chi connectivity index (χ3v) is 1.91. The van der Waals surface area contributed by atoms with Gasteiger partial charge >= 0.3 is 0 Å². The molecule has 0 bridgehead atoms. The average Bonchev–Trinajstić information content (AvgIpc) is 2.10. The van der Waals surface area contributed by atoms with Gasteiger partial charge in [-0.1, -0.05) is 6.07 Å². The molecule has 0 saturated heterocycles. The third-order valence-electron chi connectivity index (χ3n) is 1.91. The molecule has 0 aliphatic heterocycles. The van der Waals surface area contributed by atoms with Gasteiger partial charge in [0.15, 0.2) is 17.2 Å². The second-order valence-corrected chi connectivity index (χ2v) is 3.53. The molecule has 0 unspecified atom stereocenters. The minimum Gasteiger partial charge on any atom is -0.504 e. The highest BCUT2D eigenvalue weighted by Gasteiger charge is 2.20. The Balaban J connectivity index is 2.80. The molecule has 0 saturated carbocycles. The number of carbonyl (C=O) groups excluding carboxylic acids is 1. The van der Waals surface area contributed by atoms with Crippen LogP contribution in [0.4, 0.5) is 0 Å². The second-order valence-electron chi connectivity index (χ2n) is 3.53. The van der Waals surface area contributed by atoms with Gasteiger partial charge < -0.3 is 14.9 Å². The van der Waals surface area contributed by atoms with Gasteiger partial charge in [-0.15, -0.1) is 0 Å². The molecule has 5 nitrogen and oxygen atoms in total. The van der Waals surface area contributed by atoms with Crippen LogP contribution in [0.1, 0.15) is 12.5 Å². The molecule has 15 heavy (non-hydrogen) atoms. The lowest BCUT2D eigenvalue weighted by atomic mass is 10.0. The summed E-state index contributed by atoms with van der Waals surface area (Å²) in [5, 5.41) is 18.3. The highest BCUT2D eigenvalue weighted by Crippen LogP contribution is 2.26. The maximum Gasteiger partial charge on any atom is 0.294 e. The van der Waals surface area contributed by atoms with Crippen LogP contribution in [-0.2, 0) is 16.0 Å². The number of rotatable bonds is 4. The summed E-state index contributed by atoms with van der Waals surface area (Å²) >= 11 is 0. The zero-order chi connectivity index (χ0) is 11.5. The van der Waals surface area contributed by atoms with Crippen molar-refractivity contribution >= 4 is 6.47 Å². The van der Waals surface area contributed by atoms with Crippen molar-refractivity contribution in [1.29, 1.82) is 0 Å². The van der Waals surface area contributed by atoms with Crippen LogP contribution in [0.5, 0.6) is 11.5 Å². The molecular formula is C10H13NO4. The van der Waals surface area contributed by atoms with E-state index in [1.165, 1.54) is 12.1 Å². The molecule has 4 N–H and O–H groups in total. The predicted molar refractivity (Wildman–Crippen MR) is 53.2 cm³/mol. The van der Waals surface area contributed by atoms with Crippen LogP contribution in [0.15, 0.2) is 18.2 Å². The SMILES string of the molecule is C[C@@](N)(Cc1ccc(O)c(O)c1)OC=O. The largest absolute Gasteiger partial charge is 0.504 e. The minimum absolute atomic E-state index is 0.200. The summed E-state index contributed by atoms with van der Waals surface area (Å²) in [7, 11) is 0. The van der Waals surface area contributed by atoms with Gasteiger partial charge in [-0.3, -0.25) is 10.5 Å². The number of aromatic hydroxyl groups is 2. The highest BCUT2D eigenvalue weighted by molar-refractivity contribution is 5.41. The number of hydrogen-bond donors (Lipinski definition) is 3. The summed E-state index contributed by atoms with van der Waals surface area (Å²) in [6.07, 6.45) is 0.250. The normalized spacial score (nSPS) is 14.3. The van der Waals surface area contributed by atoms with Crippen molar-refractivity contribution in [2.24, 2.45) is 5.73 Å². The second kappa shape index (κ2) is 4.18. The number of carbonyl (C=O) groups is 1. The molecule has 0 spiro atoms. The molecule has 82 valence electrons. The first-order valence-electron chi connectivity index (χ1n) is 4.36. The van der Waals surface area contributed by atoms with Crippen molar-refractivity contribution in [3.8, 4) is 11.5 Å². The van der Waals surface area contributed by atoms with E-state index in [0.717, 1.165) is 0 Å². The summed E-state index contributed by atoms with van der Waals surface area (Å²) in [6.45, 7) is 1.82. The molecule has 1 atom stereocenters. The van der Waals surface area contributed by atoms with Crippen LogP contribution in [-0.4, -0.2) is 22.4 Å². The fraction of sp³-hybridized carbons (Fsp3) is 0.300. The molecule has 1 aromatic carbocycles. The van der Waals surface area contributed by atoms with Gasteiger partial charge in [0.1, 0.15) is 0 Å². The molecule has 0 aliphatic carbocycles. The third kappa shape index (κ3) is 3.14. The maximum absolute atomic E-state index is 10.1. The maximum atomic E-state index is 10.1. The Kier molecular flexibility index (Phi) is 3.16. The van der Waals surface area contributed by atoms with E-state index in [0.29, 0.717) is 5.56 Å². The van der Waals surface area contributed by atoms with E-state index in [2.05, 4.69) is 4.74 Å². The Morgan fingerprint density at radius 1 is 1.47 bits per heavy atom. The Bertz CT molecular complexity index is 362. The van der Waals surface area contributed by atoms with Gasteiger partial charge in [-0.05, 0) is 24.6 Å². The molecule has 0 heterocycles. The monoisotopic (exact) mass is 211 g/mol. The molecule has 0 amide bonds. The summed E-state index contributed by atoms with van der Waals surface area (Å²) in [5.41, 5.74) is 5.19. The number of phenolic OH excluding ortho intramolecular Hbond substituents is 2. The smallest absolute Gasteiger partial charge is 0.294 e. The van der Waals surface area contributed by atoms with Crippen molar-refractivity contribution < 1.29 is 19.7 Å². The number of ether oxygens (including phenoxy) is 1. The topological polar surface area (TPSA) is 92.8 Å². The Hall–Kier alpha value is -1.75.